The molecule has 0 heterocycles. The van der Waals surface area contributed by atoms with Gasteiger partial charge in [-0.1, -0.05) is 62.9 Å². The molecular weight excluding hydrogens is 326 g/mol. The van der Waals surface area contributed by atoms with Crippen molar-refractivity contribution in [2.45, 2.75) is 52.9 Å². The van der Waals surface area contributed by atoms with Gasteiger partial charge in [-0.05, 0) is 88.5 Å². The van der Waals surface area contributed by atoms with E-state index in [2.05, 4.69) is 63.2 Å². The van der Waals surface area contributed by atoms with Gasteiger partial charge in [0.1, 0.15) is 0 Å². The predicted octanol–water partition coefficient (Wildman–Crippen LogP) is 6.92. The molecule has 3 aromatic carbocycles. The topological polar surface area (TPSA) is 26.0 Å². The van der Waals surface area contributed by atoms with Gasteiger partial charge >= 0.3 is 0 Å². The molecular formula is C26H29N. The summed E-state index contributed by atoms with van der Waals surface area (Å²) >= 11 is 0. The summed E-state index contributed by atoms with van der Waals surface area (Å²) in [5, 5.41) is 0. The molecule has 2 aliphatic carbocycles. The molecule has 0 bridgehead atoms. The van der Waals surface area contributed by atoms with Crippen LogP contribution in [0.25, 0.3) is 22.3 Å². The van der Waals surface area contributed by atoms with Crippen molar-refractivity contribution in [1.82, 2.24) is 0 Å². The van der Waals surface area contributed by atoms with Gasteiger partial charge in [-0.2, -0.15) is 0 Å². The molecule has 0 aromatic heterocycles. The van der Waals surface area contributed by atoms with Gasteiger partial charge in [0.15, 0.2) is 0 Å². The van der Waals surface area contributed by atoms with Gasteiger partial charge in [0, 0.05) is 5.69 Å². The van der Waals surface area contributed by atoms with Crippen molar-refractivity contribution in [2.75, 3.05) is 5.73 Å². The fourth-order valence-electron chi connectivity index (χ4n) is 4.40. The maximum absolute atomic E-state index is 5.94. The Bertz CT molecular complexity index is 916. The van der Waals surface area contributed by atoms with E-state index in [0.717, 1.165) is 18.5 Å². The number of aryl methyl sites for hydroxylation is 1. The van der Waals surface area contributed by atoms with Gasteiger partial charge in [-0.3, -0.25) is 0 Å². The highest BCUT2D eigenvalue weighted by Crippen LogP contribution is 2.45. The van der Waals surface area contributed by atoms with Crippen LogP contribution in [0.1, 0.15) is 60.9 Å². The summed E-state index contributed by atoms with van der Waals surface area (Å²) in [4.78, 5) is 0. The normalized spacial score (nSPS) is 12.6. The van der Waals surface area contributed by atoms with Gasteiger partial charge in [0.2, 0.25) is 0 Å². The Labute approximate surface area is 163 Å². The molecule has 0 fully saturated rings. The molecule has 0 atom stereocenters. The highest BCUT2D eigenvalue weighted by atomic mass is 14.5. The molecule has 0 aliphatic heterocycles. The molecule has 27 heavy (non-hydrogen) atoms. The van der Waals surface area contributed by atoms with Crippen molar-refractivity contribution in [1.29, 1.82) is 0 Å². The number of fused-ring (bicyclic) bond motifs is 6. The van der Waals surface area contributed by atoms with Crippen LogP contribution in [0.2, 0.25) is 0 Å². The quantitative estimate of drug-likeness (QED) is 0.342. The number of benzene rings is 3. The van der Waals surface area contributed by atoms with Crippen LogP contribution in [-0.2, 0) is 12.8 Å². The van der Waals surface area contributed by atoms with E-state index in [0.29, 0.717) is 0 Å². The minimum atomic E-state index is 0.861. The molecule has 2 aliphatic rings. The minimum Gasteiger partial charge on any atom is -0.399 e. The van der Waals surface area contributed by atoms with Crippen LogP contribution in [0, 0.1) is 6.92 Å². The maximum Gasteiger partial charge on any atom is 0.0317 e. The number of nitrogens with two attached hydrogens (primary N) is 1. The second-order valence-corrected chi connectivity index (χ2v) is 7.95. The minimum absolute atomic E-state index is 0.861. The molecule has 0 amide bonds. The third-order valence-corrected chi connectivity index (χ3v) is 5.77. The van der Waals surface area contributed by atoms with Crippen LogP contribution in [0.15, 0.2) is 48.5 Å². The lowest BCUT2D eigenvalue weighted by atomic mass is 9.98. The number of unbranched alkanes of at least 4 members (excludes halogenated alkanes) is 2. The number of hydrogen-bond donors (Lipinski definition) is 1. The maximum atomic E-state index is 5.94. The van der Waals surface area contributed by atoms with Crippen LogP contribution in [0.3, 0.4) is 0 Å². The fourth-order valence-corrected chi connectivity index (χ4v) is 4.40. The van der Waals surface area contributed by atoms with Crippen molar-refractivity contribution in [3.63, 3.8) is 0 Å². The van der Waals surface area contributed by atoms with Crippen molar-refractivity contribution in [3.8, 4) is 22.3 Å². The first kappa shape index (κ1) is 17.9. The Morgan fingerprint density at radius 1 is 0.667 bits per heavy atom. The molecule has 5 rings (SSSR count). The summed E-state index contributed by atoms with van der Waals surface area (Å²) in [6.07, 6.45) is 6.14. The van der Waals surface area contributed by atoms with Crippen molar-refractivity contribution in [2.24, 2.45) is 0 Å². The first-order chi connectivity index (χ1) is 13.1. The van der Waals surface area contributed by atoms with E-state index in [1.165, 1.54) is 69.3 Å². The molecule has 1 nitrogen and oxygen atoms in total. The monoisotopic (exact) mass is 355 g/mol. The summed E-state index contributed by atoms with van der Waals surface area (Å²) in [5.41, 5.74) is 19.5. The fraction of sp³-hybridized carbons (Fsp3) is 0.308. The summed E-state index contributed by atoms with van der Waals surface area (Å²) in [7, 11) is 0. The molecule has 0 radical (unpaired) electrons. The molecule has 0 unspecified atom stereocenters. The van der Waals surface area contributed by atoms with Crippen LogP contribution in [-0.4, -0.2) is 0 Å². The van der Waals surface area contributed by atoms with Crippen molar-refractivity contribution >= 4 is 5.69 Å². The Kier molecular flexibility index (Phi) is 4.78. The van der Waals surface area contributed by atoms with E-state index in [4.69, 9.17) is 5.73 Å². The summed E-state index contributed by atoms with van der Waals surface area (Å²) < 4.78 is 0. The smallest absolute Gasteiger partial charge is 0.0317 e. The number of nitrogen functional groups attached to an aromatic ring is 1. The van der Waals surface area contributed by atoms with Crippen LogP contribution in [0.4, 0.5) is 5.69 Å². The Hall–Kier alpha value is -2.54. The average Bonchev–Trinajstić information content (AvgIpc) is 3.16. The summed E-state index contributed by atoms with van der Waals surface area (Å²) in [6.45, 7) is 6.59. The lowest BCUT2D eigenvalue weighted by Crippen LogP contribution is -1.86. The third-order valence-electron chi connectivity index (χ3n) is 5.77. The predicted molar refractivity (Wildman–Crippen MR) is 117 cm³/mol. The number of rotatable bonds is 2. The number of anilines is 1. The van der Waals surface area contributed by atoms with Crippen molar-refractivity contribution in [3.05, 3.63) is 76.3 Å². The van der Waals surface area contributed by atoms with Crippen molar-refractivity contribution < 1.29 is 0 Å². The Morgan fingerprint density at radius 2 is 1.19 bits per heavy atom. The van der Waals surface area contributed by atoms with Gasteiger partial charge < -0.3 is 5.73 Å². The van der Waals surface area contributed by atoms with E-state index in [-0.39, 0.29) is 0 Å². The SMILES string of the molecule is CCCCC.Cc1ccc2c(c1)Cc1cc3c(cc1-2)Cc1cc(N)ccc1-3. The van der Waals surface area contributed by atoms with E-state index in [1.54, 1.807) is 0 Å². The van der Waals surface area contributed by atoms with E-state index in [1.807, 2.05) is 6.07 Å². The van der Waals surface area contributed by atoms with Gasteiger partial charge in [-0.15, -0.1) is 0 Å². The Balaban J connectivity index is 0.000000323. The van der Waals surface area contributed by atoms with E-state index in [9.17, 15) is 0 Å². The zero-order valence-corrected chi connectivity index (χ0v) is 16.7. The molecule has 3 aromatic rings. The largest absolute Gasteiger partial charge is 0.399 e. The molecule has 2 N–H and O–H groups in total. The average molecular weight is 356 g/mol. The van der Waals surface area contributed by atoms with Crippen LogP contribution in [0.5, 0.6) is 0 Å². The first-order valence-corrected chi connectivity index (χ1v) is 10.2. The van der Waals surface area contributed by atoms with E-state index < -0.39 is 0 Å². The highest BCUT2D eigenvalue weighted by molar-refractivity contribution is 5.86. The second-order valence-electron chi connectivity index (χ2n) is 7.95. The molecule has 1 heteroatoms. The number of hydrogen-bond acceptors (Lipinski definition) is 1. The van der Waals surface area contributed by atoms with Gasteiger partial charge in [0.05, 0.1) is 0 Å². The molecule has 0 saturated heterocycles. The molecule has 138 valence electrons. The van der Waals surface area contributed by atoms with Crippen LogP contribution < -0.4 is 5.73 Å². The summed E-state index contributed by atoms with van der Waals surface area (Å²) in [6, 6.07) is 17.9. The standard InChI is InChI=1S/C21H17N.C5H12/c1-12-2-4-18-13(6-12)7-15-10-21-16(11-20(15)18)8-14-9-17(22)3-5-19(14)21;1-3-5-4-2/h2-6,9-11H,7-8,22H2,1H3;3-5H2,1-2H3. The molecule has 0 saturated carbocycles. The third kappa shape index (κ3) is 3.27. The first-order valence-electron chi connectivity index (χ1n) is 10.2. The Morgan fingerprint density at radius 3 is 1.74 bits per heavy atom. The zero-order chi connectivity index (χ0) is 19.0. The van der Waals surface area contributed by atoms with Crippen LogP contribution >= 0.6 is 0 Å². The highest BCUT2D eigenvalue weighted by Gasteiger charge is 2.25. The second kappa shape index (κ2) is 7.23. The summed E-state index contributed by atoms with van der Waals surface area (Å²) in [5.74, 6) is 0. The lowest BCUT2D eigenvalue weighted by Gasteiger charge is -2.06. The van der Waals surface area contributed by atoms with Gasteiger partial charge in [-0.25, -0.2) is 0 Å². The molecule has 0 spiro atoms. The lowest BCUT2D eigenvalue weighted by molar-refractivity contribution is 0.772. The van der Waals surface area contributed by atoms with Gasteiger partial charge in [0.25, 0.3) is 0 Å². The van der Waals surface area contributed by atoms with E-state index >= 15 is 0 Å². The zero-order valence-electron chi connectivity index (χ0n) is 16.7.